The van der Waals surface area contributed by atoms with Crippen LogP contribution in [0.2, 0.25) is 5.02 Å². The second kappa shape index (κ2) is 9.72. The van der Waals surface area contributed by atoms with E-state index in [1.807, 2.05) is 60.7 Å². The highest BCUT2D eigenvalue weighted by Crippen LogP contribution is 2.21. The van der Waals surface area contributed by atoms with Crippen LogP contribution in [0.25, 0.3) is 0 Å². The number of rotatable bonds is 7. The molecule has 3 rings (SSSR count). The molecule has 0 spiro atoms. The molecule has 0 saturated heterocycles. The smallest absolute Gasteiger partial charge is 0.308 e. The maximum absolute atomic E-state index is 12.7. The SMILES string of the molecule is O=C(C[C@@H](NC(=O)c1ccccc1Cl)c1ccccc1)OCc1ccccc1. The van der Waals surface area contributed by atoms with Crippen molar-refractivity contribution in [1.82, 2.24) is 5.32 Å². The predicted octanol–water partition coefficient (Wildman–Crippen LogP) is 4.94. The van der Waals surface area contributed by atoms with Crippen molar-refractivity contribution in [2.75, 3.05) is 0 Å². The maximum atomic E-state index is 12.7. The zero-order chi connectivity index (χ0) is 19.8. The normalized spacial score (nSPS) is 11.5. The van der Waals surface area contributed by atoms with Crippen LogP contribution in [-0.4, -0.2) is 11.9 Å². The Morgan fingerprint density at radius 3 is 2.14 bits per heavy atom. The number of carbonyl (C=O) groups excluding carboxylic acids is 2. The van der Waals surface area contributed by atoms with E-state index < -0.39 is 12.0 Å². The minimum absolute atomic E-state index is 0.0209. The van der Waals surface area contributed by atoms with Gasteiger partial charge in [-0.15, -0.1) is 0 Å². The van der Waals surface area contributed by atoms with Crippen molar-refractivity contribution >= 4 is 23.5 Å². The van der Waals surface area contributed by atoms with Gasteiger partial charge in [-0.1, -0.05) is 84.4 Å². The van der Waals surface area contributed by atoms with Crippen LogP contribution in [0.15, 0.2) is 84.9 Å². The van der Waals surface area contributed by atoms with Gasteiger partial charge >= 0.3 is 5.97 Å². The van der Waals surface area contributed by atoms with Crippen LogP contribution in [0.5, 0.6) is 0 Å². The molecular weight excluding hydrogens is 374 g/mol. The monoisotopic (exact) mass is 393 g/mol. The Kier molecular flexibility index (Phi) is 6.82. The lowest BCUT2D eigenvalue weighted by Crippen LogP contribution is -2.30. The van der Waals surface area contributed by atoms with Crippen molar-refractivity contribution in [3.05, 3.63) is 107 Å². The number of esters is 1. The lowest BCUT2D eigenvalue weighted by Gasteiger charge is -2.19. The van der Waals surface area contributed by atoms with Gasteiger partial charge < -0.3 is 10.1 Å². The molecule has 0 radical (unpaired) electrons. The molecule has 0 unspecified atom stereocenters. The molecule has 0 aliphatic carbocycles. The van der Waals surface area contributed by atoms with Gasteiger partial charge in [-0.25, -0.2) is 0 Å². The average Bonchev–Trinajstić information content (AvgIpc) is 2.73. The Labute approximate surface area is 169 Å². The van der Waals surface area contributed by atoms with Gasteiger partial charge in [0.25, 0.3) is 5.91 Å². The molecule has 0 fully saturated rings. The van der Waals surface area contributed by atoms with Gasteiger partial charge in [0.15, 0.2) is 0 Å². The van der Waals surface area contributed by atoms with Gasteiger partial charge in [0.2, 0.25) is 0 Å². The Hall–Kier alpha value is -3.11. The summed E-state index contributed by atoms with van der Waals surface area (Å²) in [5.41, 5.74) is 2.09. The summed E-state index contributed by atoms with van der Waals surface area (Å²) in [6, 6.07) is 25.1. The first-order chi connectivity index (χ1) is 13.6. The molecule has 5 heteroatoms. The minimum atomic E-state index is -0.520. The van der Waals surface area contributed by atoms with Gasteiger partial charge in [0.05, 0.1) is 23.0 Å². The molecule has 28 heavy (non-hydrogen) atoms. The predicted molar refractivity (Wildman–Crippen MR) is 109 cm³/mol. The fourth-order valence-electron chi connectivity index (χ4n) is 2.78. The Morgan fingerprint density at radius 2 is 1.46 bits per heavy atom. The third-order valence-corrected chi connectivity index (χ3v) is 4.57. The van der Waals surface area contributed by atoms with E-state index in [4.69, 9.17) is 16.3 Å². The van der Waals surface area contributed by atoms with Gasteiger partial charge in [0.1, 0.15) is 6.61 Å². The molecular formula is C23H20ClNO3. The van der Waals surface area contributed by atoms with Gasteiger partial charge in [-0.2, -0.15) is 0 Å². The van der Waals surface area contributed by atoms with Crippen LogP contribution < -0.4 is 5.32 Å². The molecule has 0 bridgehead atoms. The molecule has 0 aliphatic rings. The molecule has 1 atom stereocenters. The second-order valence-corrected chi connectivity index (χ2v) is 6.67. The van der Waals surface area contributed by atoms with Crippen LogP contribution in [0.1, 0.15) is 33.9 Å². The number of hydrogen-bond donors (Lipinski definition) is 1. The molecule has 4 nitrogen and oxygen atoms in total. The van der Waals surface area contributed by atoms with Gasteiger partial charge in [0, 0.05) is 0 Å². The zero-order valence-corrected chi connectivity index (χ0v) is 15.9. The fraction of sp³-hybridized carbons (Fsp3) is 0.130. The summed E-state index contributed by atoms with van der Waals surface area (Å²) in [5, 5.41) is 3.25. The van der Waals surface area contributed by atoms with Crippen LogP contribution in [-0.2, 0) is 16.1 Å². The molecule has 3 aromatic carbocycles. The van der Waals surface area contributed by atoms with Crippen molar-refractivity contribution in [3.8, 4) is 0 Å². The molecule has 0 aromatic heterocycles. The van der Waals surface area contributed by atoms with E-state index >= 15 is 0 Å². The average molecular weight is 394 g/mol. The lowest BCUT2D eigenvalue weighted by molar-refractivity contribution is -0.145. The van der Waals surface area contributed by atoms with E-state index in [1.165, 1.54) is 0 Å². The highest BCUT2D eigenvalue weighted by atomic mass is 35.5. The summed E-state index contributed by atoms with van der Waals surface area (Å²) in [4.78, 5) is 25.0. The summed E-state index contributed by atoms with van der Waals surface area (Å²) in [6.45, 7) is 0.194. The number of amides is 1. The van der Waals surface area contributed by atoms with Crippen LogP contribution in [0, 0.1) is 0 Å². The number of nitrogens with one attached hydrogen (secondary N) is 1. The van der Waals surface area contributed by atoms with Crippen LogP contribution in [0.4, 0.5) is 0 Å². The Bertz CT molecular complexity index is 929. The maximum Gasteiger partial charge on any atom is 0.308 e. The highest BCUT2D eigenvalue weighted by molar-refractivity contribution is 6.33. The van der Waals surface area contributed by atoms with Crippen molar-refractivity contribution < 1.29 is 14.3 Å². The van der Waals surface area contributed by atoms with Gasteiger partial charge in [-0.05, 0) is 23.3 Å². The molecule has 3 aromatic rings. The van der Waals surface area contributed by atoms with E-state index in [0.29, 0.717) is 10.6 Å². The van der Waals surface area contributed by atoms with E-state index in [0.717, 1.165) is 11.1 Å². The fourth-order valence-corrected chi connectivity index (χ4v) is 3.00. The van der Waals surface area contributed by atoms with Crippen molar-refractivity contribution in [1.29, 1.82) is 0 Å². The summed E-state index contributed by atoms with van der Waals surface area (Å²) >= 11 is 6.12. The standard InChI is InChI=1S/C23H20ClNO3/c24-20-14-8-7-13-19(20)23(27)25-21(18-11-5-2-6-12-18)15-22(26)28-16-17-9-3-1-4-10-17/h1-14,21H,15-16H2,(H,25,27)/t21-/m1/s1. The number of hydrogen-bond acceptors (Lipinski definition) is 3. The topological polar surface area (TPSA) is 55.4 Å². The minimum Gasteiger partial charge on any atom is -0.461 e. The van der Waals surface area contributed by atoms with Crippen LogP contribution in [0.3, 0.4) is 0 Å². The third kappa shape index (κ3) is 5.44. The number of benzene rings is 3. The van der Waals surface area contributed by atoms with Crippen molar-refractivity contribution in [2.24, 2.45) is 0 Å². The van der Waals surface area contributed by atoms with Crippen molar-refractivity contribution in [2.45, 2.75) is 19.1 Å². The quantitative estimate of drug-likeness (QED) is 0.578. The third-order valence-electron chi connectivity index (χ3n) is 4.24. The van der Waals surface area contributed by atoms with E-state index in [2.05, 4.69) is 5.32 Å². The summed E-state index contributed by atoms with van der Waals surface area (Å²) in [7, 11) is 0. The first-order valence-corrected chi connectivity index (χ1v) is 9.31. The molecule has 0 saturated carbocycles. The number of carbonyl (C=O) groups is 2. The Morgan fingerprint density at radius 1 is 0.857 bits per heavy atom. The molecule has 1 amide bonds. The largest absolute Gasteiger partial charge is 0.461 e. The number of ether oxygens (including phenoxy) is 1. The van der Waals surface area contributed by atoms with E-state index in [-0.39, 0.29) is 18.9 Å². The molecule has 0 heterocycles. The molecule has 0 aliphatic heterocycles. The van der Waals surface area contributed by atoms with Gasteiger partial charge in [-0.3, -0.25) is 9.59 Å². The van der Waals surface area contributed by atoms with Crippen LogP contribution >= 0.6 is 11.6 Å². The summed E-state index contributed by atoms with van der Waals surface area (Å²) in [5.74, 6) is -0.729. The first kappa shape index (κ1) is 19.6. The summed E-state index contributed by atoms with van der Waals surface area (Å²) < 4.78 is 5.37. The highest BCUT2D eigenvalue weighted by Gasteiger charge is 2.21. The molecule has 142 valence electrons. The lowest BCUT2D eigenvalue weighted by atomic mass is 10.0. The zero-order valence-electron chi connectivity index (χ0n) is 15.2. The second-order valence-electron chi connectivity index (χ2n) is 6.27. The van der Waals surface area contributed by atoms with E-state index in [9.17, 15) is 9.59 Å². The Balaban J connectivity index is 1.70. The van der Waals surface area contributed by atoms with Crippen molar-refractivity contribution in [3.63, 3.8) is 0 Å². The number of halogens is 1. The first-order valence-electron chi connectivity index (χ1n) is 8.93. The summed E-state index contributed by atoms with van der Waals surface area (Å²) in [6.07, 6.45) is 0.0209. The van der Waals surface area contributed by atoms with E-state index in [1.54, 1.807) is 24.3 Å². The molecule has 1 N–H and O–H groups in total.